The number of hydrogen-bond donors (Lipinski definition) is 1. The second-order valence-electron chi connectivity index (χ2n) is 6.68. The van der Waals surface area contributed by atoms with Crippen molar-refractivity contribution in [1.82, 2.24) is 9.29 Å². The third-order valence-electron chi connectivity index (χ3n) is 4.83. The maximum Gasteiger partial charge on any atom is 0.336 e. The van der Waals surface area contributed by atoms with Gasteiger partial charge in [-0.15, -0.1) is 0 Å². The number of rotatable bonds is 4. The highest BCUT2D eigenvalue weighted by Crippen LogP contribution is 2.29. The van der Waals surface area contributed by atoms with Gasteiger partial charge in [0, 0.05) is 24.0 Å². The molecule has 1 aliphatic heterocycles. The van der Waals surface area contributed by atoms with E-state index >= 15 is 0 Å². The van der Waals surface area contributed by atoms with Crippen molar-refractivity contribution in [1.29, 1.82) is 0 Å². The van der Waals surface area contributed by atoms with Gasteiger partial charge in [0.2, 0.25) is 10.0 Å². The van der Waals surface area contributed by atoms with Crippen LogP contribution in [0.25, 0.3) is 22.2 Å². The number of pyridine rings is 1. The van der Waals surface area contributed by atoms with Crippen LogP contribution in [0.3, 0.4) is 0 Å². The molecular formula is C20H16F2N2O5S. The number of morpholine rings is 1. The minimum Gasteiger partial charge on any atom is -0.478 e. The highest BCUT2D eigenvalue weighted by atomic mass is 32.2. The highest BCUT2D eigenvalue weighted by molar-refractivity contribution is 7.89. The molecule has 1 saturated heterocycles. The summed E-state index contributed by atoms with van der Waals surface area (Å²) in [6, 6.07) is 8.37. The summed E-state index contributed by atoms with van der Waals surface area (Å²) in [5.41, 5.74) is 0.347. The number of halogens is 2. The molecule has 0 spiro atoms. The first-order chi connectivity index (χ1) is 14.3. The Balaban J connectivity index is 1.85. The van der Waals surface area contributed by atoms with E-state index in [-0.39, 0.29) is 58.9 Å². The normalized spacial score (nSPS) is 15.4. The lowest BCUT2D eigenvalue weighted by Gasteiger charge is -2.26. The van der Waals surface area contributed by atoms with E-state index in [0.717, 1.165) is 12.1 Å². The van der Waals surface area contributed by atoms with Crippen LogP contribution in [0.15, 0.2) is 47.4 Å². The van der Waals surface area contributed by atoms with Gasteiger partial charge in [0.05, 0.1) is 34.9 Å². The molecule has 0 aliphatic carbocycles. The van der Waals surface area contributed by atoms with E-state index in [2.05, 4.69) is 4.98 Å². The minimum absolute atomic E-state index is 0.0539. The summed E-state index contributed by atoms with van der Waals surface area (Å²) in [6.45, 7) is 0.984. The third-order valence-corrected chi connectivity index (χ3v) is 6.73. The summed E-state index contributed by atoms with van der Waals surface area (Å²) in [4.78, 5) is 16.1. The number of aromatic carboxylic acids is 1. The van der Waals surface area contributed by atoms with E-state index in [1.54, 1.807) is 0 Å². The van der Waals surface area contributed by atoms with Crippen LogP contribution in [-0.2, 0) is 14.8 Å². The molecule has 7 nitrogen and oxygen atoms in total. The monoisotopic (exact) mass is 434 g/mol. The molecule has 1 aromatic heterocycles. The number of nitrogens with zero attached hydrogens (tertiary/aromatic N) is 2. The molecule has 1 N–H and O–H groups in total. The summed E-state index contributed by atoms with van der Waals surface area (Å²) in [7, 11) is -3.83. The van der Waals surface area contributed by atoms with Gasteiger partial charge in [-0.25, -0.2) is 27.0 Å². The van der Waals surface area contributed by atoms with E-state index in [4.69, 9.17) is 4.74 Å². The Morgan fingerprint density at radius 3 is 2.43 bits per heavy atom. The van der Waals surface area contributed by atoms with Gasteiger partial charge < -0.3 is 9.84 Å². The highest BCUT2D eigenvalue weighted by Gasteiger charge is 2.27. The first kappa shape index (κ1) is 20.3. The van der Waals surface area contributed by atoms with Gasteiger partial charge in [0.25, 0.3) is 0 Å². The molecule has 0 atom stereocenters. The molecule has 2 aromatic carbocycles. The number of fused-ring (bicyclic) bond motifs is 1. The number of sulfonamides is 1. The Bertz CT molecular complexity index is 1260. The summed E-state index contributed by atoms with van der Waals surface area (Å²) in [6.07, 6.45) is 0. The lowest BCUT2D eigenvalue weighted by Crippen LogP contribution is -2.40. The number of ether oxygens (including phenoxy) is 1. The maximum absolute atomic E-state index is 13.6. The second-order valence-corrected chi connectivity index (χ2v) is 8.62. The Kier molecular flexibility index (Phi) is 5.22. The van der Waals surface area contributed by atoms with Crippen molar-refractivity contribution in [2.75, 3.05) is 26.3 Å². The Morgan fingerprint density at radius 1 is 1.03 bits per heavy atom. The number of carboxylic acids is 1. The largest absolute Gasteiger partial charge is 0.478 e. The van der Waals surface area contributed by atoms with Gasteiger partial charge in [-0.1, -0.05) is 0 Å². The number of benzene rings is 2. The first-order valence-corrected chi connectivity index (χ1v) is 10.4. The summed E-state index contributed by atoms with van der Waals surface area (Å²) >= 11 is 0. The fourth-order valence-corrected chi connectivity index (χ4v) is 4.72. The Labute approximate surface area is 170 Å². The van der Waals surface area contributed by atoms with Gasteiger partial charge in [-0.3, -0.25) is 0 Å². The zero-order chi connectivity index (χ0) is 21.5. The van der Waals surface area contributed by atoms with Crippen LogP contribution in [-0.4, -0.2) is 55.1 Å². The lowest BCUT2D eigenvalue weighted by atomic mass is 10.0. The molecule has 4 rings (SSSR count). The van der Waals surface area contributed by atoms with Crippen LogP contribution in [0.2, 0.25) is 0 Å². The maximum atomic E-state index is 13.6. The van der Waals surface area contributed by atoms with Crippen LogP contribution in [0.1, 0.15) is 10.4 Å². The summed E-state index contributed by atoms with van der Waals surface area (Å²) in [5.74, 6) is -3.42. The van der Waals surface area contributed by atoms with Crippen LogP contribution in [0, 0.1) is 11.6 Å². The standard InChI is InChI=1S/C20H16F2N2O5S/c21-16-3-1-12(9-17(16)22)19-11-15(20(25)26)14-10-13(2-4-18(14)23-19)30(27,28)24-5-7-29-8-6-24/h1-4,9-11H,5-8H2,(H,25,26). The molecule has 10 heteroatoms. The van der Waals surface area contributed by atoms with Crippen LogP contribution >= 0.6 is 0 Å². The second kappa shape index (κ2) is 7.71. The van der Waals surface area contributed by atoms with E-state index in [9.17, 15) is 27.1 Å². The van der Waals surface area contributed by atoms with E-state index in [1.807, 2.05) is 0 Å². The van der Waals surface area contributed by atoms with Crippen molar-refractivity contribution in [2.24, 2.45) is 0 Å². The van der Waals surface area contributed by atoms with Gasteiger partial charge in [0.15, 0.2) is 11.6 Å². The van der Waals surface area contributed by atoms with Crippen LogP contribution in [0.5, 0.6) is 0 Å². The predicted molar refractivity (Wildman–Crippen MR) is 104 cm³/mol. The van der Waals surface area contributed by atoms with Crippen molar-refractivity contribution in [3.8, 4) is 11.3 Å². The van der Waals surface area contributed by atoms with Gasteiger partial charge >= 0.3 is 5.97 Å². The molecule has 0 radical (unpaired) electrons. The van der Waals surface area contributed by atoms with E-state index in [1.165, 1.54) is 34.6 Å². The van der Waals surface area contributed by atoms with Crippen molar-refractivity contribution in [2.45, 2.75) is 4.90 Å². The Hall–Kier alpha value is -2.95. The van der Waals surface area contributed by atoms with Crippen molar-refractivity contribution >= 4 is 26.9 Å². The molecule has 30 heavy (non-hydrogen) atoms. The fourth-order valence-electron chi connectivity index (χ4n) is 3.28. The number of hydrogen-bond acceptors (Lipinski definition) is 5. The SMILES string of the molecule is O=C(O)c1cc(-c2ccc(F)c(F)c2)nc2ccc(S(=O)(=O)N3CCOCC3)cc12. The molecule has 1 aliphatic rings. The zero-order valence-corrected chi connectivity index (χ0v) is 16.3. The van der Waals surface area contributed by atoms with Gasteiger partial charge in [-0.05, 0) is 42.5 Å². The Morgan fingerprint density at radius 2 is 1.77 bits per heavy atom. The van der Waals surface area contributed by atoms with E-state index in [0.29, 0.717) is 0 Å². The quantitative estimate of drug-likeness (QED) is 0.678. The summed E-state index contributed by atoms with van der Waals surface area (Å²) < 4.78 is 59.1. The molecule has 156 valence electrons. The average molecular weight is 434 g/mol. The first-order valence-electron chi connectivity index (χ1n) is 8.99. The number of aromatic nitrogens is 1. The number of carbonyl (C=O) groups is 1. The molecule has 0 amide bonds. The lowest BCUT2D eigenvalue weighted by molar-refractivity contribution is 0.0699. The zero-order valence-electron chi connectivity index (χ0n) is 15.5. The van der Waals surface area contributed by atoms with Gasteiger partial charge in [-0.2, -0.15) is 4.31 Å². The molecule has 0 bridgehead atoms. The molecule has 0 unspecified atom stereocenters. The minimum atomic E-state index is -3.83. The van der Waals surface area contributed by atoms with E-state index < -0.39 is 27.6 Å². The summed E-state index contributed by atoms with van der Waals surface area (Å²) in [5, 5.41) is 9.78. The molecule has 2 heterocycles. The van der Waals surface area contributed by atoms with Crippen molar-refractivity contribution in [3.05, 3.63) is 59.7 Å². The molecule has 1 fully saturated rings. The van der Waals surface area contributed by atoms with Crippen LogP contribution < -0.4 is 0 Å². The predicted octanol–water partition coefficient (Wildman–Crippen LogP) is 2.90. The topological polar surface area (TPSA) is 96.8 Å². The molecule has 3 aromatic rings. The van der Waals surface area contributed by atoms with Crippen LogP contribution in [0.4, 0.5) is 8.78 Å². The number of carboxylic acid groups (broad SMARTS) is 1. The smallest absolute Gasteiger partial charge is 0.336 e. The molecular weight excluding hydrogens is 418 g/mol. The molecule has 0 saturated carbocycles. The van der Waals surface area contributed by atoms with Crippen molar-refractivity contribution < 1.29 is 31.8 Å². The third kappa shape index (κ3) is 3.64. The average Bonchev–Trinajstić information content (AvgIpc) is 2.75. The fraction of sp³-hybridized carbons (Fsp3) is 0.200. The van der Waals surface area contributed by atoms with Crippen molar-refractivity contribution in [3.63, 3.8) is 0 Å². The van der Waals surface area contributed by atoms with Gasteiger partial charge in [0.1, 0.15) is 0 Å².